The van der Waals surface area contributed by atoms with Crippen LogP contribution < -0.4 is 19.6 Å². The number of fused-ring (bicyclic) bond motifs is 1. The zero-order chi connectivity index (χ0) is 27.9. The van der Waals surface area contributed by atoms with E-state index in [0.29, 0.717) is 27.0 Å². The molecule has 1 aromatic heterocycles. The van der Waals surface area contributed by atoms with E-state index in [0.717, 1.165) is 21.2 Å². The topological polar surface area (TPSA) is 86.2 Å². The number of ether oxygens (including phenoxy) is 3. The number of nitrogens with zero attached hydrogens (tertiary/aromatic N) is 1. The summed E-state index contributed by atoms with van der Waals surface area (Å²) in [6.45, 7) is -0.194. The standard InChI is InChI=1S/C31H23ClN2O5S/c1-37-26-17-20(11-16-25(26)39-31(36)30-29(32)24-9-5-6-10-27(24)40-30)18-33-34-28(35)19-38-23-14-12-22(13-15-23)21-7-3-2-4-8-21/h2-18H,19H2,1H3,(H,34,35). The van der Waals surface area contributed by atoms with Crippen molar-refractivity contribution in [3.8, 4) is 28.4 Å². The van der Waals surface area contributed by atoms with Crippen molar-refractivity contribution in [3.63, 3.8) is 0 Å². The molecule has 1 amide bonds. The molecule has 0 atom stereocenters. The van der Waals surface area contributed by atoms with Gasteiger partial charge in [0.05, 0.1) is 18.3 Å². The highest BCUT2D eigenvalue weighted by Gasteiger charge is 2.20. The number of hydrogen-bond acceptors (Lipinski definition) is 7. The molecule has 5 aromatic rings. The number of esters is 1. The smallest absolute Gasteiger partial charge is 0.355 e. The van der Waals surface area contributed by atoms with Crippen molar-refractivity contribution in [2.24, 2.45) is 5.10 Å². The third-order valence-corrected chi connectivity index (χ3v) is 7.50. The zero-order valence-corrected chi connectivity index (χ0v) is 22.9. The maximum atomic E-state index is 12.8. The summed E-state index contributed by atoms with van der Waals surface area (Å²) < 4.78 is 17.4. The predicted molar refractivity (Wildman–Crippen MR) is 158 cm³/mol. The van der Waals surface area contributed by atoms with Crippen LogP contribution in [-0.4, -0.2) is 31.8 Å². The fourth-order valence-electron chi connectivity index (χ4n) is 3.87. The summed E-state index contributed by atoms with van der Waals surface area (Å²) >= 11 is 7.67. The second kappa shape index (κ2) is 12.5. The molecule has 5 rings (SSSR count). The van der Waals surface area contributed by atoms with Crippen LogP contribution in [0.3, 0.4) is 0 Å². The fraction of sp³-hybridized carbons (Fsp3) is 0.0645. The van der Waals surface area contributed by atoms with Crippen molar-refractivity contribution in [1.29, 1.82) is 0 Å². The van der Waals surface area contributed by atoms with Gasteiger partial charge in [0.25, 0.3) is 5.91 Å². The molecule has 1 heterocycles. The number of nitrogens with one attached hydrogen (secondary N) is 1. The van der Waals surface area contributed by atoms with Crippen LogP contribution in [0, 0.1) is 0 Å². The molecule has 40 heavy (non-hydrogen) atoms. The van der Waals surface area contributed by atoms with Gasteiger partial charge < -0.3 is 14.2 Å². The molecule has 0 saturated carbocycles. The van der Waals surface area contributed by atoms with Gasteiger partial charge in [0.2, 0.25) is 0 Å². The molecule has 9 heteroatoms. The number of thiophene rings is 1. The van der Waals surface area contributed by atoms with Crippen LogP contribution in [0.1, 0.15) is 15.2 Å². The van der Waals surface area contributed by atoms with Gasteiger partial charge in [0, 0.05) is 10.1 Å². The predicted octanol–water partition coefficient (Wildman–Crippen LogP) is 6.98. The normalized spacial score (nSPS) is 10.9. The Labute approximate surface area is 239 Å². The van der Waals surface area contributed by atoms with E-state index in [9.17, 15) is 9.59 Å². The van der Waals surface area contributed by atoms with Gasteiger partial charge in [-0.3, -0.25) is 4.79 Å². The van der Waals surface area contributed by atoms with E-state index < -0.39 is 11.9 Å². The molecule has 7 nitrogen and oxygen atoms in total. The highest BCUT2D eigenvalue weighted by molar-refractivity contribution is 7.21. The van der Waals surface area contributed by atoms with E-state index in [2.05, 4.69) is 10.5 Å². The Morgan fingerprint density at radius 3 is 2.38 bits per heavy atom. The van der Waals surface area contributed by atoms with Crippen LogP contribution >= 0.6 is 22.9 Å². The van der Waals surface area contributed by atoms with E-state index in [1.165, 1.54) is 24.7 Å². The minimum Gasteiger partial charge on any atom is -0.493 e. The average molecular weight is 571 g/mol. The molecule has 200 valence electrons. The van der Waals surface area contributed by atoms with Crippen LogP contribution in [0.5, 0.6) is 17.2 Å². The number of methoxy groups -OCH3 is 1. The lowest BCUT2D eigenvalue weighted by atomic mass is 10.1. The summed E-state index contributed by atoms with van der Waals surface area (Å²) in [5.41, 5.74) is 5.21. The molecule has 0 radical (unpaired) electrons. The number of carbonyl (C=O) groups is 2. The van der Waals surface area contributed by atoms with Crippen LogP contribution in [0.2, 0.25) is 5.02 Å². The first-order chi connectivity index (χ1) is 19.5. The van der Waals surface area contributed by atoms with Crippen molar-refractivity contribution < 1.29 is 23.8 Å². The van der Waals surface area contributed by atoms with E-state index >= 15 is 0 Å². The summed E-state index contributed by atoms with van der Waals surface area (Å²) in [5, 5.41) is 5.13. The van der Waals surface area contributed by atoms with Crippen LogP contribution in [-0.2, 0) is 4.79 Å². The van der Waals surface area contributed by atoms with E-state index in [-0.39, 0.29) is 12.4 Å². The third kappa shape index (κ3) is 6.31. The lowest BCUT2D eigenvalue weighted by Gasteiger charge is -2.09. The Morgan fingerprint density at radius 1 is 0.900 bits per heavy atom. The van der Waals surface area contributed by atoms with Crippen molar-refractivity contribution >= 4 is 51.1 Å². The average Bonchev–Trinajstić information content (AvgIpc) is 3.34. The highest BCUT2D eigenvalue weighted by Crippen LogP contribution is 2.37. The van der Waals surface area contributed by atoms with E-state index in [1.54, 1.807) is 18.2 Å². The maximum Gasteiger partial charge on any atom is 0.355 e. The first kappa shape index (κ1) is 26.9. The molecule has 0 aliphatic carbocycles. The molecular formula is C31H23ClN2O5S. The number of benzene rings is 4. The molecule has 0 unspecified atom stereocenters. The van der Waals surface area contributed by atoms with Gasteiger partial charge in [-0.1, -0.05) is 72.3 Å². The number of amides is 1. The Balaban J connectivity index is 1.15. The summed E-state index contributed by atoms with van der Waals surface area (Å²) in [6.07, 6.45) is 1.45. The molecule has 1 N–H and O–H groups in total. The van der Waals surface area contributed by atoms with E-state index in [1.807, 2.05) is 78.9 Å². The van der Waals surface area contributed by atoms with Gasteiger partial charge in [0.1, 0.15) is 10.6 Å². The van der Waals surface area contributed by atoms with Gasteiger partial charge >= 0.3 is 5.97 Å². The molecule has 0 aliphatic heterocycles. The molecular weight excluding hydrogens is 548 g/mol. The lowest BCUT2D eigenvalue weighted by molar-refractivity contribution is -0.123. The minimum atomic E-state index is -0.576. The molecule has 0 fully saturated rings. The number of hydrogen-bond donors (Lipinski definition) is 1. The molecule has 0 saturated heterocycles. The summed E-state index contributed by atoms with van der Waals surface area (Å²) in [4.78, 5) is 25.3. The van der Waals surface area contributed by atoms with Gasteiger partial charge in [-0.2, -0.15) is 5.10 Å². The molecule has 0 spiro atoms. The Kier molecular flexibility index (Phi) is 8.39. The number of carbonyl (C=O) groups excluding carboxylic acids is 2. The first-order valence-electron chi connectivity index (χ1n) is 12.2. The van der Waals surface area contributed by atoms with Crippen LogP contribution in [0.25, 0.3) is 21.2 Å². The quantitative estimate of drug-likeness (QED) is 0.0894. The second-order valence-corrected chi connectivity index (χ2v) is 9.94. The van der Waals surface area contributed by atoms with Crippen molar-refractivity contribution in [1.82, 2.24) is 5.43 Å². The summed E-state index contributed by atoms with van der Waals surface area (Å²) in [5.74, 6) is 0.136. The monoisotopic (exact) mass is 570 g/mol. The second-order valence-electron chi connectivity index (χ2n) is 8.51. The van der Waals surface area contributed by atoms with Gasteiger partial charge in [-0.15, -0.1) is 11.3 Å². The van der Waals surface area contributed by atoms with Crippen molar-refractivity contribution in [2.75, 3.05) is 13.7 Å². The van der Waals surface area contributed by atoms with Crippen LogP contribution in [0.15, 0.2) is 102 Å². The fourth-order valence-corrected chi connectivity index (χ4v) is 5.26. The first-order valence-corrected chi connectivity index (χ1v) is 13.4. The zero-order valence-electron chi connectivity index (χ0n) is 21.3. The Hall–Kier alpha value is -4.66. The molecule has 0 aliphatic rings. The van der Waals surface area contributed by atoms with Crippen LogP contribution in [0.4, 0.5) is 0 Å². The minimum absolute atomic E-state index is 0.194. The Bertz CT molecular complexity index is 1680. The SMILES string of the molecule is COc1cc(C=NNC(=O)COc2ccc(-c3ccccc3)cc2)ccc1OC(=O)c1sc2ccccc2c1Cl. The highest BCUT2D eigenvalue weighted by atomic mass is 35.5. The summed E-state index contributed by atoms with van der Waals surface area (Å²) in [6, 6.07) is 29.9. The summed E-state index contributed by atoms with van der Waals surface area (Å²) in [7, 11) is 1.46. The number of rotatable bonds is 9. The van der Waals surface area contributed by atoms with Gasteiger partial charge in [0.15, 0.2) is 18.1 Å². The third-order valence-electron chi connectivity index (χ3n) is 5.84. The van der Waals surface area contributed by atoms with Crippen molar-refractivity contribution in [3.05, 3.63) is 113 Å². The van der Waals surface area contributed by atoms with E-state index in [4.69, 9.17) is 25.8 Å². The molecule has 4 aromatic carbocycles. The van der Waals surface area contributed by atoms with Gasteiger partial charge in [-0.05, 0) is 53.1 Å². The maximum absolute atomic E-state index is 12.8. The van der Waals surface area contributed by atoms with Gasteiger partial charge in [-0.25, -0.2) is 10.2 Å². The number of halogens is 1. The largest absolute Gasteiger partial charge is 0.493 e. The molecule has 0 bridgehead atoms. The number of hydrazone groups is 1. The lowest BCUT2D eigenvalue weighted by Crippen LogP contribution is -2.24. The van der Waals surface area contributed by atoms with Crippen molar-refractivity contribution in [2.45, 2.75) is 0 Å². The Morgan fingerprint density at radius 2 is 1.62 bits per heavy atom.